The van der Waals surface area contributed by atoms with Crippen molar-refractivity contribution >= 4 is 34.1 Å². The van der Waals surface area contributed by atoms with Crippen molar-refractivity contribution in [2.24, 2.45) is 0 Å². The lowest BCUT2D eigenvalue weighted by atomic mass is 9.88. The Morgan fingerprint density at radius 2 is 2.04 bits per heavy atom. The molecule has 9 heteroatoms. The van der Waals surface area contributed by atoms with E-state index in [0.717, 1.165) is 42.2 Å². The summed E-state index contributed by atoms with van der Waals surface area (Å²) < 4.78 is 47.0. The highest BCUT2D eigenvalue weighted by Crippen LogP contribution is 2.32. The second-order valence-electron chi connectivity index (χ2n) is 6.42. The maximum Gasteiger partial charge on any atom is 0.338 e. The third-order valence-electron chi connectivity index (χ3n) is 4.47. The number of esters is 1. The van der Waals surface area contributed by atoms with Crippen LogP contribution in [0.1, 0.15) is 47.3 Å². The molecule has 0 fully saturated rings. The van der Waals surface area contributed by atoms with E-state index in [-0.39, 0.29) is 29.5 Å². The summed E-state index contributed by atoms with van der Waals surface area (Å²) in [6, 6.07) is 7.91. The highest BCUT2D eigenvalue weighted by atomic mass is 35.5. The van der Waals surface area contributed by atoms with Gasteiger partial charge in [0.2, 0.25) is 10.0 Å². The molecule has 6 nitrogen and oxygen atoms in total. The molecule has 0 spiro atoms. The van der Waals surface area contributed by atoms with Crippen molar-refractivity contribution < 1.29 is 22.3 Å². The van der Waals surface area contributed by atoms with Gasteiger partial charge in [-0.2, -0.15) is 0 Å². The van der Waals surface area contributed by atoms with Crippen LogP contribution in [-0.2, 0) is 21.2 Å². The fourth-order valence-corrected chi connectivity index (χ4v) is 4.57. The molecule has 2 aromatic carbocycles. The quantitative estimate of drug-likeness (QED) is 0.562. The molecule has 0 radical (unpaired) electrons. The first kappa shape index (κ1) is 22.1. The molecule has 152 valence electrons. The number of carbonyl (C=O) groups is 1. The van der Waals surface area contributed by atoms with Crippen LogP contribution in [0.25, 0.3) is 0 Å². The first-order valence-corrected chi connectivity index (χ1v) is 10.2. The number of aryl methyl sites for hydroxylation is 1. The van der Waals surface area contributed by atoms with E-state index in [0.29, 0.717) is 12.1 Å². The van der Waals surface area contributed by atoms with Crippen LogP contribution in [0.2, 0.25) is 0 Å². The van der Waals surface area contributed by atoms with E-state index < -0.39 is 27.9 Å². The van der Waals surface area contributed by atoms with Gasteiger partial charge in [-0.15, -0.1) is 12.4 Å². The van der Waals surface area contributed by atoms with E-state index in [1.54, 1.807) is 13.0 Å². The number of ether oxygens (including phenoxy) is 1. The van der Waals surface area contributed by atoms with Crippen molar-refractivity contribution in [3.8, 4) is 0 Å². The molecular formula is C19H22ClFN2O4S. The van der Waals surface area contributed by atoms with Gasteiger partial charge in [0.1, 0.15) is 5.82 Å². The average molecular weight is 429 g/mol. The Morgan fingerprint density at radius 1 is 1.29 bits per heavy atom. The predicted molar refractivity (Wildman–Crippen MR) is 106 cm³/mol. The number of benzene rings is 2. The number of fused-ring (bicyclic) bond motifs is 1. The summed E-state index contributed by atoms with van der Waals surface area (Å²) >= 11 is 0. The fourth-order valence-electron chi connectivity index (χ4n) is 3.26. The van der Waals surface area contributed by atoms with Crippen LogP contribution in [0.15, 0.2) is 41.3 Å². The van der Waals surface area contributed by atoms with Crippen molar-refractivity contribution in [1.82, 2.24) is 4.72 Å². The van der Waals surface area contributed by atoms with E-state index >= 15 is 0 Å². The van der Waals surface area contributed by atoms with Crippen molar-refractivity contribution in [2.45, 2.75) is 37.1 Å². The molecule has 28 heavy (non-hydrogen) atoms. The lowest BCUT2D eigenvalue weighted by molar-refractivity contribution is 0.0525. The maximum absolute atomic E-state index is 13.9. The van der Waals surface area contributed by atoms with Crippen LogP contribution < -0.4 is 10.5 Å². The Balaban J connectivity index is 0.00000280. The zero-order valence-electron chi connectivity index (χ0n) is 15.3. The van der Waals surface area contributed by atoms with Gasteiger partial charge in [0.25, 0.3) is 0 Å². The number of hydrogen-bond donors (Lipinski definition) is 2. The molecule has 3 rings (SSSR count). The van der Waals surface area contributed by atoms with Gasteiger partial charge in [0.05, 0.1) is 17.1 Å². The second kappa shape index (κ2) is 8.89. The predicted octanol–water partition coefficient (Wildman–Crippen LogP) is 3.36. The van der Waals surface area contributed by atoms with Crippen LogP contribution in [0.5, 0.6) is 0 Å². The van der Waals surface area contributed by atoms with Crippen LogP contribution in [0.4, 0.5) is 10.1 Å². The monoisotopic (exact) mass is 428 g/mol. The summed E-state index contributed by atoms with van der Waals surface area (Å²) in [6.45, 7) is 1.72. The molecule has 1 aliphatic rings. The summed E-state index contributed by atoms with van der Waals surface area (Å²) in [5.41, 5.74) is 8.15. The second-order valence-corrected chi connectivity index (χ2v) is 8.13. The normalized spacial score (nSPS) is 16.0. The van der Waals surface area contributed by atoms with Crippen molar-refractivity contribution in [1.29, 1.82) is 0 Å². The van der Waals surface area contributed by atoms with Gasteiger partial charge in [0.15, 0.2) is 0 Å². The van der Waals surface area contributed by atoms with Gasteiger partial charge in [0, 0.05) is 11.7 Å². The topological polar surface area (TPSA) is 98.5 Å². The molecule has 3 N–H and O–H groups in total. The van der Waals surface area contributed by atoms with Crippen molar-refractivity contribution in [2.75, 3.05) is 12.3 Å². The molecule has 0 bridgehead atoms. The highest BCUT2D eigenvalue weighted by molar-refractivity contribution is 7.89. The SMILES string of the molecule is CCOC(=O)c1cc(F)cc(S(=O)(=O)NC2CCCc3cc(N)ccc32)c1.Cl. The summed E-state index contributed by atoms with van der Waals surface area (Å²) in [5, 5.41) is 0. The molecule has 0 saturated carbocycles. The summed E-state index contributed by atoms with van der Waals surface area (Å²) in [5.74, 6) is -1.59. The number of anilines is 1. The van der Waals surface area contributed by atoms with Crippen LogP contribution in [0, 0.1) is 5.82 Å². The minimum atomic E-state index is -4.04. The maximum atomic E-state index is 13.9. The third-order valence-corrected chi connectivity index (χ3v) is 5.92. The molecule has 0 heterocycles. The van der Waals surface area contributed by atoms with Gasteiger partial charge in [-0.1, -0.05) is 6.07 Å². The smallest absolute Gasteiger partial charge is 0.338 e. The number of sulfonamides is 1. The van der Waals surface area contributed by atoms with Gasteiger partial charge >= 0.3 is 5.97 Å². The summed E-state index contributed by atoms with van der Waals surface area (Å²) in [4.78, 5) is 11.5. The Labute approximate surface area is 169 Å². The van der Waals surface area contributed by atoms with Gasteiger partial charge in [-0.3, -0.25) is 0 Å². The Morgan fingerprint density at radius 3 is 2.75 bits per heavy atom. The molecule has 0 amide bonds. The molecule has 2 aromatic rings. The Kier molecular flexibility index (Phi) is 7.03. The zero-order valence-corrected chi connectivity index (χ0v) is 16.9. The highest BCUT2D eigenvalue weighted by Gasteiger charge is 2.27. The van der Waals surface area contributed by atoms with Gasteiger partial charge in [-0.05, 0) is 67.6 Å². The lowest BCUT2D eigenvalue weighted by Crippen LogP contribution is -2.31. The average Bonchev–Trinajstić information content (AvgIpc) is 2.61. The van der Waals surface area contributed by atoms with E-state index in [1.807, 2.05) is 12.1 Å². The van der Waals surface area contributed by atoms with Crippen LogP contribution >= 0.6 is 12.4 Å². The van der Waals surface area contributed by atoms with Gasteiger partial charge < -0.3 is 10.5 Å². The zero-order chi connectivity index (χ0) is 19.6. The Bertz CT molecular complexity index is 982. The Hall–Kier alpha value is -2.16. The van der Waals surface area contributed by atoms with E-state index in [2.05, 4.69) is 4.72 Å². The first-order valence-electron chi connectivity index (χ1n) is 8.68. The van der Waals surface area contributed by atoms with Crippen LogP contribution in [0.3, 0.4) is 0 Å². The third kappa shape index (κ3) is 4.81. The molecule has 1 unspecified atom stereocenters. The summed E-state index contributed by atoms with van der Waals surface area (Å²) in [7, 11) is -4.04. The van der Waals surface area contributed by atoms with E-state index in [4.69, 9.17) is 10.5 Å². The largest absolute Gasteiger partial charge is 0.462 e. The van der Waals surface area contributed by atoms with Gasteiger partial charge in [-0.25, -0.2) is 22.3 Å². The molecule has 1 aliphatic carbocycles. The number of nitrogens with two attached hydrogens (primary N) is 1. The first-order chi connectivity index (χ1) is 12.8. The number of hydrogen-bond acceptors (Lipinski definition) is 5. The van der Waals surface area contributed by atoms with E-state index in [1.165, 1.54) is 0 Å². The molecule has 0 aromatic heterocycles. The lowest BCUT2D eigenvalue weighted by Gasteiger charge is -2.26. The van der Waals surface area contributed by atoms with Crippen molar-refractivity contribution in [3.63, 3.8) is 0 Å². The summed E-state index contributed by atoms with van der Waals surface area (Å²) in [6.07, 6.45) is 2.25. The fraction of sp³-hybridized carbons (Fsp3) is 0.316. The number of nitrogen functional groups attached to an aromatic ring is 1. The number of halogens is 2. The minimum Gasteiger partial charge on any atom is -0.462 e. The van der Waals surface area contributed by atoms with E-state index in [9.17, 15) is 17.6 Å². The number of nitrogens with one attached hydrogen (secondary N) is 1. The minimum absolute atomic E-state index is 0. The number of rotatable bonds is 5. The standard InChI is InChI=1S/C19H21FN2O4S.ClH/c1-2-26-19(23)13-8-14(20)11-16(10-13)27(24,25)22-18-5-3-4-12-9-15(21)6-7-17(12)18;/h6-11,18,22H,2-5,21H2,1H3;1H. The molecular weight excluding hydrogens is 407 g/mol. The molecule has 0 aliphatic heterocycles. The molecule has 0 saturated heterocycles. The molecule has 1 atom stereocenters. The van der Waals surface area contributed by atoms with Crippen LogP contribution in [-0.4, -0.2) is 21.0 Å². The number of carbonyl (C=O) groups excluding carboxylic acids is 1. The van der Waals surface area contributed by atoms with Crippen molar-refractivity contribution in [3.05, 3.63) is 58.9 Å².